The second kappa shape index (κ2) is 5.80. The number of hydrogen-bond donors (Lipinski definition) is 2. The summed E-state index contributed by atoms with van der Waals surface area (Å²) in [7, 11) is 0. The molecular formula is C15H28N2O2. The predicted octanol–water partition coefficient (Wildman–Crippen LogP) is 1.82. The normalized spacial score (nSPS) is 40.9. The molecular weight excluding hydrogens is 240 g/mol. The topological polar surface area (TPSA) is 64.3 Å². The Labute approximate surface area is 116 Å². The molecule has 4 heteroatoms. The van der Waals surface area contributed by atoms with E-state index in [1.807, 2.05) is 13.8 Å². The van der Waals surface area contributed by atoms with Gasteiger partial charge in [-0.25, -0.2) is 0 Å². The van der Waals surface area contributed by atoms with Gasteiger partial charge in [-0.15, -0.1) is 0 Å². The smallest absolute Gasteiger partial charge is 0.223 e. The molecule has 2 rings (SSSR count). The Balaban J connectivity index is 1.92. The summed E-state index contributed by atoms with van der Waals surface area (Å²) in [6.45, 7) is 6.90. The molecule has 19 heavy (non-hydrogen) atoms. The van der Waals surface area contributed by atoms with Crippen LogP contribution in [0.4, 0.5) is 0 Å². The second-order valence-electron chi connectivity index (χ2n) is 6.65. The maximum Gasteiger partial charge on any atom is 0.223 e. The van der Waals surface area contributed by atoms with E-state index in [0.717, 1.165) is 38.7 Å². The van der Waals surface area contributed by atoms with Crippen LogP contribution in [0.3, 0.4) is 0 Å². The van der Waals surface area contributed by atoms with E-state index >= 15 is 0 Å². The van der Waals surface area contributed by atoms with E-state index < -0.39 is 0 Å². The van der Waals surface area contributed by atoms with Crippen LogP contribution in [0, 0.1) is 11.8 Å². The first-order valence-electron chi connectivity index (χ1n) is 7.61. The number of hydrogen-bond acceptors (Lipinski definition) is 3. The molecule has 110 valence electrons. The molecule has 5 unspecified atom stereocenters. The minimum atomic E-state index is -0.206. The molecule has 0 aromatic rings. The molecule has 5 atom stereocenters. The third kappa shape index (κ3) is 3.29. The lowest BCUT2D eigenvalue weighted by Gasteiger charge is -2.34. The van der Waals surface area contributed by atoms with Crippen molar-refractivity contribution in [2.75, 3.05) is 6.61 Å². The van der Waals surface area contributed by atoms with Gasteiger partial charge in [0.25, 0.3) is 0 Å². The SMILES string of the molecule is CC(C(=O)NC1(C)CCOC1C)C1CCCC(N)C1. The summed E-state index contributed by atoms with van der Waals surface area (Å²) < 4.78 is 5.58. The number of carbonyl (C=O) groups excluding carboxylic acids is 1. The van der Waals surface area contributed by atoms with Crippen LogP contribution >= 0.6 is 0 Å². The molecule has 1 aliphatic heterocycles. The molecule has 1 saturated heterocycles. The Hall–Kier alpha value is -0.610. The van der Waals surface area contributed by atoms with Gasteiger partial charge >= 0.3 is 0 Å². The van der Waals surface area contributed by atoms with Gasteiger partial charge in [0, 0.05) is 18.6 Å². The molecule has 0 aromatic carbocycles. The zero-order valence-corrected chi connectivity index (χ0v) is 12.4. The van der Waals surface area contributed by atoms with E-state index in [1.165, 1.54) is 0 Å². The Bertz CT molecular complexity index is 334. The molecule has 0 spiro atoms. The van der Waals surface area contributed by atoms with Crippen LogP contribution in [-0.2, 0) is 9.53 Å². The average Bonchev–Trinajstić information content (AvgIpc) is 2.68. The van der Waals surface area contributed by atoms with Gasteiger partial charge in [0.05, 0.1) is 11.6 Å². The molecule has 2 aliphatic rings. The van der Waals surface area contributed by atoms with E-state index in [9.17, 15) is 4.79 Å². The van der Waals surface area contributed by atoms with Crippen LogP contribution in [0.15, 0.2) is 0 Å². The number of amides is 1. The van der Waals surface area contributed by atoms with Crippen molar-refractivity contribution >= 4 is 5.91 Å². The third-order valence-corrected chi connectivity index (χ3v) is 5.17. The van der Waals surface area contributed by atoms with Gasteiger partial charge in [-0.1, -0.05) is 13.3 Å². The van der Waals surface area contributed by atoms with Crippen molar-refractivity contribution in [2.45, 2.75) is 70.6 Å². The van der Waals surface area contributed by atoms with E-state index in [4.69, 9.17) is 10.5 Å². The maximum atomic E-state index is 12.4. The predicted molar refractivity (Wildman–Crippen MR) is 75.7 cm³/mol. The van der Waals surface area contributed by atoms with Crippen molar-refractivity contribution in [1.82, 2.24) is 5.32 Å². The fourth-order valence-electron chi connectivity index (χ4n) is 3.33. The molecule has 0 radical (unpaired) electrons. The Morgan fingerprint density at radius 1 is 1.47 bits per heavy atom. The van der Waals surface area contributed by atoms with E-state index in [-0.39, 0.29) is 29.5 Å². The molecule has 1 aliphatic carbocycles. The summed E-state index contributed by atoms with van der Waals surface area (Å²) in [5.74, 6) is 0.653. The zero-order chi connectivity index (χ0) is 14.0. The van der Waals surface area contributed by atoms with Gasteiger partial charge in [-0.05, 0) is 45.4 Å². The van der Waals surface area contributed by atoms with Crippen LogP contribution < -0.4 is 11.1 Å². The third-order valence-electron chi connectivity index (χ3n) is 5.17. The summed E-state index contributed by atoms with van der Waals surface area (Å²) in [5.41, 5.74) is 5.82. The number of nitrogens with two attached hydrogens (primary N) is 1. The van der Waals surface area contributed by atoms with Crippen molar-refractivity contribution < 1.29 is 9.53 Å². The Morgan fingerprint density at radius 3 is 2.79 bits per heavy atom. The molecule has 0 bridgehead atoms. The number of rotatable bonds is 3. The number of carbonyl (C=O) groups is 1. The standard InChI is InChI=1S/C15H28N2O2/c1-10(12-5-4-6-13(16)9-12)14(18)17-15(3)7-8-19-11(15)2/h10-13H,4-9,16H2,1-3H3,(H,17,18). The van der Waals surface area contributed by atoms with Crippen LogP contribution in [0.2, 0.25) is 0 Å². The Kier molecular flexibility index (Phi) is 4.51. The van der Waals surface area contributed by atoms with Crippen molar-refractivity contribution in [3.63, 3.8) is 0 Å². The fraction of sp³-hybridized carbons (Fsp3) is 0.933. The molecule has 4 nitrogen and oxygen atoms in total. The lowest BCUT2D eigenvalue weighted by Crippen LogP contribution is -2.53. The summed E-state index contributed by atoms with van der Waals surface area (Å²) in [6.07, 6.45) is 5.37. The van der Waals surface area contributed by atoms with Gasteiger partial charge in [0.2, 0.25) is 5.91 Å². The molecule has 0 aromatic heterocycles. The largest absolute Gasteiger partial charge is 0.376 e. The highest BCUT2D eigenvalue weighted by atomic mass is 16.5. The van der Waals surface area contributed by atoms with Crippen molar-refractivity contribution in [2.24, 2.45) is 17.6 Å². The first kappa shape index (κ1) is 14.8. The monoisotopic (exact) mass is 268 g/mol. The second-order valence-corrected chi connectivity index (χ2v) is 6.65. The minimum Gasteiger partial charge on any atom is -0.376 e. The van der Waals surface area contributed by atoms with Gasteiger partial charge in [-0.3, -0.25) is 4.79 Å². The summed E-state index contributed by atoms with van der Waals surface area (Å²) in [5, 5.41) is 3.21. The molecule has 2 fully saturated rings. The summed E-state index contributed by atoms with van der Waals surface area (Å²) in [4.78, 5) is 12.4. The first-order chi connectivity index (χ1) is 8.92. The quantitative estimate of drug-likeness (QED) is 0.820. The van der Waals surface area contributed by atoms with Crippen molar-refractivity contribution in [3.8, 4) is 0 Å². The van der Waals surface area contributed by atoms with Crippen molar-refractivity contribution in [1.29, 1.82) is 0 Å². The van der Waals surface area contributed by atoms with Crippen LogP contribution in [0.5, 0.6) is 0 Å². The lowest BCUT2D eigenvalue weighted by atomic mass is 9.78. The Morgan fingerprint density at radius 2 is 2.21 bits per heavy atom. The molecule has 1 saturated carbocycles. The van der Waals surface area contributed by atoms with Gasteiger partial charge < -0.3 is 15.8 Å². The van der Waals surface area contributed by atoms with Crippen molar-refractivity contribution in [3.05, 3.63) is 0 Å². The van der Waals surface area contributed by atoms with E-state index in [0.29, 0.717) is 5.92 Å². The van der Waals surface area contributed by atoms with Gasteiger partial charge in [-0.2, -0.15) is 0 Å². The lowest BCUT2D eigenvalue weighted by molar-refractivity contribution is -0.129. The van der Waals surface area contributed by atoms with Crippen LogP contribution in [0.1, 0.15) is 52.9 Å². The highest BCUT2D eigenvalue weighted by Crippen LogP contribution is 2.31. The van der Waals surface area contributed by atoms with Gasteiger partial charge in [0.15, 0.2) is 0 Å². The summed E-state index contributed by atoms with van der Waals surface area (Å²) in [6, 6.07) is 0.276. The highest BCUT2D eigenvalue weighted by Gasteiger charge is 2.40. The van der Waals surface area contributed by atoms with Crippen LogP contribution in [-0.4, -0.2) is 30.2 Å². The average molecular weight is 268 g/mol. The van der Waals surface area contributed by atoms with Crippen LogP contribution in [0.25, 0.3) is 0 Å². The molecule has 3 N–H and O–H groups in total. The zero-order valence-electron chi connectivity index (χ0n) is 12.4. The molecule has 1 heterocycles. The molecule has 1 amide bonds. The number of nitrogens with one attached hydrogen (secondary N) is 1. The number of ether oxygens (including phenoxy) is 1. The maximum absolute atomic E-state index is 12.4. The van der Waals surface area contributed by atoms with E-state index in [1.54, 1.807) is 0 Å². The summed E-state index contributed by atoms with van der Waals surface area (Å²) >= 11 is 0. The minimum absolute atomic E-state index is 0.0518. The van der Waals surface area contributed by atoms with Gasteiger partial charge in [0.1, 0.15) is 0 Å². The van der Waals surface area contributed by atoms with E-state index in [2.05, 4.69) is 12.2 Å². The first-order valence-corrected chi connectivity index (χ1v) is 7.61. The fourth-order valence-corrected chi connectivity index (χ4v) is 3.33. The highest BCUT2D eigenvalue weighted by molar-refractivity contribution is 5.79.